The fourth-order valence-corrected chi connectivity index (χ4v) is 2.62. The fraction of sp³-hybridized carbons (Fsp3) is 0.227. The van der Waals surface area contributed by atoms with Crippen molar-refractivity contribution >= 4 is 18.4 Å². The zero-order valence-electron chi connectivity index (χ0n) is 16.1. The van der Waals surface area contributed by atoms with Crippen molar-refractivity contribution in [1.82, 2.24) is 0 Å². The Morgan fingerprint density at radius 3 is 1.59 bits per heavy atom. The first kappa shape index (κ1) is 24.1. The predicted molar refractivity (Wildman–Crippen MR) is 111 cm³/mol. The van der Waals surface area contributed by atoms with Gasteiger partial charge in [0, 0.05) is 47.5 Å². The van der Waals surface area contributed by atoms with Gasteiger partial charge in [-0.15, -0.1) is 0 Å². The molecule has 0 spiro atoms. The minimum atomic E-state index is -0.833. The van der Waals surface area contributed by atoms with Gasteiger partial charge in [0.1, 0.15) is 11.5 Å². The van der Waals surface area contributed by atoms with Crippen molar-refractivity contribution in [2.75, 3.05) is 13.1 Å². The maximum Gasteiger partial charge on any atom is 0.300 e. The minimum Gasteiger partial charge on any atom is -0.507 e. The largest absolute Gasteiger partial charge is 0.507 e. The number of hydrogen-bond acceptors (Lipinski definition) is 5. The number of aliphatic imine (C=N–C) groups is 2. The molecule has 153 valence electrons. The molecule has 1 radical (unpaired) electrons. The summed E-state index contributed by atoms with van der Waals surface area (Å²) >= 11 is 0. The van der Waals surface area contributed by atoms with E-state index in [1.807, 2.05) is 48.6 Å². The molecule has 2 aromatic carbocycles. The molecule has 6 nitrogen and oxygen atoms in total. The van der Waals surface area contributed by atoms with Crippen LogP contribution in [0.2, 0.25) is 0 Å². The second kappa shape index (κ2) is 12.5. The molecule has 3 N–H and O–H groups in total. The summed E-state index contributed by atoms with van der Waals surface area (Å²) < 4.78 is 0. The average Bonchev–Trinajstić information content (AvgIpc) is 2.65. The number of carbonyl (C=O) groups is 1. The molecule has 0 aromatic heterocycles. The zero-order valence-corrected chi connectivity index (χ0v) is 17.3. The number of aliphatic carboxylic acids is 1. The molecule has 0 saturated carbocycles. The molecule has 4 bridgehead atoms. The van der Waals surface area contributed by atoms with Crippen molar-refractivity contribution in [2.24, 2.45) is 9.98 Å². The van der Waals surface area contributed by atoms with E-state index in [0.717, 1.165) is 29.2 Å². The maximum atomic E-state index is 10.3. The second-order valence-corrected chi connectivity index (χ2v) is 6.18. The number of fused-ring (bicyclic) bond motifs is 4. The van der Waals surface area contributed by atoms with E-state index in [2.05, 4.69) is 9.98 Å². The Morgan fingerprint density at radius 1 is 0.828 bits per heavy atom. The molecular formula is C22H24MnN2O4. The minimum absolute atomic E-state index is 0. The van der Waals surface area contributed by atoms with Crippen LogP contribution in [0.4, 0.5) is 0 Å². The van der Waals surface area contributed by atoms with Gasteiger partial charge in [0.05, 0.1) is 13.1 Å². The van der Waals surface area contributed by atoms with E-state index >= 15 is 0 Å². The van der Waals surface area contributed by atoms with Crippen LogP contribution in [0, 0.1) is 0 Å². The van der Waals surface area contributed by atoms with E-state index in [4.69, 9.17) is 9.90 Å². The molecule has 2 aromatic rings. The first-order valence-electron chi connectivity index (χ1n) is 8.95. The Kier molecular flexibility index (Phi) is 10.4. The van der Waals surface area contributed by atoms with Crippen molar-refractivity contribution in [3.05, 3.63) is 70.8 Å². The summed E-state index contributed by atoms with van der Waals surface area (Å²) in [5.74, 6) is -0.294. The topological polar surface area (TPSA) is 102 Å². The summed E-state index contributed by atoms with van der Waals surface area (Å²) in [6, 6.07) is 11.3. The van der Waals surface area contributed by atoms with E-state index in [1.54, 1.807) is 12.4 Å². The Hall–Kier alpha value is -2.89. The number of hydrogen-bond donors (Lipinski definition) is 3. The normalized spacial score (nSPS) is 13.0. The van der Waals surface area contributed by atoms with Crippen LogP contribution in [0.5, 0.6) is 11.5 Å². The number of carboxylic acid groups (broad SMARTS) is 1. The van der Waals surface area contributed by atoms with Crippen LogP contribution in [0.25, 0.3) is 0 Å². The standard InChI is InChI=1S/C20H20N2O2.C2H4O2.Mn/c23-19-15-5-1-2-6-16-8-4-10-18(20(16)24)14-22-12-11-21-13-17(19)9-3-7-15;1-2(3)4;/h1-4,7-10,13-14,23-24H,5-6,11-12H2;1H3,(H,3,4);. The Labute approximate surface area is 180 Å². The van der Waals surface area contributed by atoms with E-state index in [0.29, 0.717) is 25.9 Å². The number of rotatable bonds is 0. The van der Waals surface area contributed by atoms with Gasteiger partial charge in [0.25, 0.3) is 5.97 Å². The van der Waals surface area contributed by atoms with Crippen LogP contribution in [-0.2, 0) is 34.7 Å². The number of para-hydroxylation sites is 2. The third-order valence-electron chi connectivity index (χ3n) is 3.96. The molecule has 7 heteroatoms. The molecule has 0 unspecified atom stereocenters. The number of allylic oxidation sites excluding steroid dienone is 2. The third kappa shape index (κ3) is 7.93. The van der Waals surface area contributed by atoms with Gasteiger partial charge >= 0.3 is 0 Å². The summed E-state index contributed by atoms with van der Waals surface area (Å²) in [6.07, 6.45) is 8.64. The van der Waals surface area contributed by atoms with E-state index in [-0.39, 0.29) is 28.6 Å². The van der Waals surface area contributed by atoms with E-state index in [9.17, 15) is 10.2 Å². The van der Waals surface area contributed by atoms with Gasteiger partial charge in [-0.25, -0.2) is 0 Å². The number of benzene rings is 2. The zero-order chi connectivity index (χ0) is 20.4. The van der Waals surface area contributed by atoms with Crippen molar-refractivity contribution < 1.29 is 37.2 Å². The van der Waals surface area contributed by atoms with Gasteiger partial charge in [-0.1, -0.05) is 36.4 Å². The van der Waals surface area contributed by atoms with Crippen LogP contribution in [0.1, 0.15) is 29.2 Å². The number of nitrogens with zero attached hydrogens (tertiary/aromatic N) is 2. The van der Waals surface area contributed by atoms with Crippen LogP contribution in [-0.4, -0.2) is 46.8 Å². The molecule has 0 atom stereocenters. The Morgan fingerprint density at radius 2 is 1.21 bits per heavy atom. The first-order valence-corrected chi connectivity index (χ1v) is 8.95. The van der Waals surface area contributed by atoms with Gasteiger partial charge in [-0.2, -0.15) is 0 Å². The fourth-order valence-electron chi connectivity index (χ4n) is 2.62. The summed E-state index contributed by atoms with van der Waals surface area (Å²) in [6.45, 7) is 2.14. The number of aromatic hydroxyl groups is 2. The van der Waals surface area contributed by atoms with E-state index < -0.39 is 5.97 Å². The molecule has 1 heterocycles. The van der Waals surface area contributed by atoms with Crippen LogP contribution in [0.15, 0.2) is 58.5 Å². The molecule has 1 aliphatic heterocycles. The van der Waals surface area contributed by atoms with Crippen molar-refractivity contribution in [3.63, 3.8) is 0 Å². The molecule has 0 amide bonds. The quantitative estimate of drug-likeness (QED) is 0.436. The molecule has 0 aliphatic carbocycles. The second-order valence-electron chi connectivity index (χ2n) is 6.18. The SMILES string of the molecule is CC(=O)O.Oc1c2cccc1CC=CCc1cccc(c1O)C=NCCN=C2.[Mn]. The van der Waals surface area contributed by atoms with Gasteiger partial charge in [-0.3, -0.25) is 14.8 Å². The van der Waals surface area contributed by atoms with Crippen molar-refractivity contribution in [2.45, 2.75) is 19.8 Å². The predicted octanol–water partition coefficient (Wildman–Crippen LogP) is 3.38. The smallest absolute Gasteiger partial charge is 0.300 e. The molecule has 29 heavy (non-hydrogen) atoms. The summed E-state index contributed by atoms with van der Waals surface area (Å²) in [5.41, 5.74) is 3.16. The van der Waals surface area contributed by atoms with Crippen LogP contribution in [0.3, 0.4) is 0 Å². The van der Waals surface area contributed by atoms with Gasteiger partial charge in [0.2, 0.25) is 0 Å². The van der Waals surface area contributed by atoms with E-state index in [1.165, 1.54) is 0 Å². The molecular weight excluding hydrogens is 411 g/mol. The number of phenolic OH excluding ortho intramolecular Hbond substituents is 2. The van der Waals surface area contributed by atoms with Gasteiger partial charge in [-0.05, 0) is 36.1 Å². The molecule has 0 saturated heterocycles. The Bertz CT molecular complexity index is 836. The number of carboxylic acids is 1. The first-order chi connectivity index (χ1) is 13.5. The number of phenols is 2. The van der Waals surface area contributed by atoms with Crippen molar-refractivity contribution in [1.29, 1.82) is 0 Å². The van der Waals surface area contributed by atoms with Gasteiger partial charge < -0.3 is 15.3 Å². The van der Waals surface area contributed by atoms with Crippen LogP contribution >= 0.6 is 0 Å². The molecule has 1 aliphatic rings. The summed E-state index contributed by atoms with van der Waals surface area (Å²) in [4.78, 5) is 17.6. The molecule has 3 rings (SSSR count). The average molecular weight is 435 g/mol. The van der Waals surface area contributed by atoms with Crippen LogP contribution < -0.4 is 0 Å². The maximum absolute atomic E-state index is 10.3. The van der Waals surface area contributed by atoms with Gasteiger partial charge in [0.15, 0.2) is 0 Å². The van der Waals surface area contributed by atoms with Crippen molar-refractivity contribution in [3.8, 4) is 11.5 Å². The monoisotopic (exact) mass is 435 g/mol. The Balaban J connectivity index is 0.000000771. The summed E-state index contributed by atoms with van der Waals surface area (Å²) in [5, 5.41) is 28.1. The molecule has 0 fully saturated rings. The summed E-state index contributed by atoms with van der Waals surface area (Å²) in [7, 11) is 0. The third-order valence-corrected chi connectivity index (χ3v) is 3.96.